The first-order valence-electron chi connectivity index (χ1n) is 16.9. The largest absolute Gasteiger partial charge is 0.394 e. The lowest BCUT2D eigenvalue weighted by atomic mass is 10.1. The van der Waals surface area contributed by atoms with Crippen LogP contribution in [0.3, 0.4) is 0 Å². The number of aromatic nitrogens is 5. The highest BCUT2D eigenvalue weighted by atomic mass is 32.2. The zero-order valence-electron chi connectivity index (χ0n) is 31.1. The molecule has 6 atom stereocenters. The zero-order valence-corrected chi connectivity index (χ0v) is 19.9. The van der Waals surface area contributed by atoms with Gasteiger partial charge in [-0.15, -0.1) is 5.10 Å². The molecule has 0 unspecified atom stereocenters. The molecule has 36 heavy (non-hydrogen) atoms. The zero-order chi connectivity index (χ0) is 36.3. The first kappa shape index (κ1) is 14.5. The number of nitrogens with one attached hydrogen (secondary N) is 1. The second-order valence-electron chi connectivity index (χ2n) is 7.81. The van der Waals surface area contributed by atoms with Gasteiger partial charge in [-0.3, -0.25) is 0 Å². The Bertz CT molecular complexity index is 1770. The number of ether oxygens (including phenoxy) is 1. The van der Waals surface area contributed by atoms with Crippen molar-refractivity contribution in [2.75, 3.05) is 24.2 Å². The molecule has 12 heteroatoms. The number of rotatable bonds is 10. The standard InChI is InChI=1S/C24H31FN6O4S/c1-3-8-36-24-27-22(26-16-10-14(16)13-5-4-12(2)15(25)9-13)19-23(28-24)31(30-29-19)17-11-18(35-7-6-32)21(34)20(17)33/h4-5,9,14,16-18,20-21,32-34H,3,6-8,10-11H2,1-2H3,(H,26,27,28)/t14-,16+,17+,18-,20-,21+/m0/s1/i7D2,8D2,10D2,11D2,17D,18D,20D,21D. The molecule has 4 N–H and O–H groups in total. The lowest BCUT2D eigenvalue weighted by Crippen LogP contribution is -2.33. The van der Waals surface area contributed by atoms with Crippen LogP contribution in [0.2, 0.25) is 0 Å². The average Bonchev–Trinajstić information content (AvgIpc) is 3.26. The average molecular weight is 531 g/mol. The monoisotopic (exact) mass is 530 g/mol. The smallest absolute Gasteiger partial charge is 0.191 e. The highest BCUT2D eigenvalue weighted by Gasteiger charge is 2.45. The van der Waals surface area contributed by atoms with E-state index in [1.54, 1.807) is 6.07 Å². The van der Waals surface area contributed by atoms with Crippen LogP contribution in [0.25, 0.3) is 11.2 Å². The van der Waals surface area contributed by atoms with Gasteiger partial charge < -0.3 is 25.4 Å². The lowest BCUT2D eigenvalue weighted by molar-refractivity contribution is -0.0629. The summed E-state index contributed by atoms with van der Waals surface area (Å²) in [6.45, 7) is -1.78. The summed E-state index contributed by atoms with van der Waals surface area (Å²) in [6, 6.07) is -0.685. The quantitative estimate of drug-likeness (QED) is 0.228. The van der Waals surface area contributed by atoms with Gasteiger partial charge in [-0.25, -0.2) is 19.0 Å². The lowest BCUT2D eigenvalue weighted by Gasteiger charge is -2.17. The Morgan fingerprint density at radius 2 is 2.17 bits per heavy atom. The number of hydrogen-bond acceptors (Lipinski definition) is 10. The van der Waals surface area contributed by atoms with E-state index < -0.39 is 90.0 Å². The summed E-state index contributed by atoms with van der Waals surface area (Å²) in [5, 5.41) is 41.5. The van der Waals surface area contributed by atoms with Gasteiger partial charge in [0.25, 0.3) is 0 Å². The minimum Gasteiger partial charge on any atom is -0.394 e. The number of fused-ring (bicyclic) bond motifs is 1. The van der Waals surface area contributed by atoms with Gasteiger partial charge >= 0.3 is 0 Å². The molecule has 1 aromatic carbocycles. The number of nitrogens with zero attached hydrogens (tertiary/aromatic N) is 5. The van der Waals surface area contributed by atoms with Crippen molar-refractivity contribution in [3.05, 3.63) is 35.1 Å². The van der Waals surface area contributed by atoms with Crippen molar-refractivity contribution in [2.45, 2.75) is 74.4 Å². The first-order chi connectivity index (χ1) is 21.8. The topological polar surface area (TPSA) is 138 Å². The second kappa shape index (κ2) is 10.5. The number of aliphatic hydroxyl groups excluding tert-OH is 1. The molecule has 2 saturated carbocycles. The molecule has 0 bridgehead atoms. The Morgan fingerprint density at radius 1 is 1.33 bits per heavy atom. The van der Waals surface area contributed by atoms with Gasteiger partial charge in [-0.1, -0.05) is 36.0 Å². The van der Waals surface area contributed by atoms with Gasteiger partial charge in [0.15, 0.2) is 22.1 Å². The highest BCUT2D eigenvalue weighted by molar-refractivity contribution is 7.99. The molecule has 2 aliphatic rings. The van der Waals surface area contributed by atoms with Crippen LogP contribution in [0, 0.1) is 12.7 Å². The van der Waals surface area contributed by atoms with E-state index in [9.17, 15) is 19.7 Å². The van der Waals surface area contributed by atoms with Crippen molar-refractivity contribution < 1.29 is 40.9 Å². The van der Waals surface area contributed by atoms with Crippen LogP contribution in [-0.2, 0) is 4.74 Å². The van der Waals surface area contributed by atoms with Crippen molar-refractivity contribution in [3.8, 4) is 0 Å². The molecule has 0 radical (unpaired) electrons. The maximum absolute atomic E-state index is 14.4. The molecule has 0 spiro atoms. The molecule has 0 saturated heterocycles. The third-order valence-electron chi connectivity index (χ3n) is 5.36. The van der Waals surface area contributed by atoms with Crippen molar-refractivity contribution >= 4 is 28.7 Å². The summed E-state index contributed by atoms with van der Waals surface area (Å²) < 4.78 is 120. The van der Waals surface area contributed by atoms with E-state index in [0.717, 1.165) is 0 Å². The number of aliphatic hydroxyl groups is 3. The van der Waals surface area contributed by atoms with Crippen LogP contribution >= 0.6 is 11.8 Å². The molecule has 2 aliphatic carbocycles. The van der Waals surface area contributed by atoms with Crippen molar-refractivity contribution in [1.29, 1.82) is 0 Å². The molecule has 0 amide bonds. The van der Waals surface area contributed by atoms with E-state index in [2.05, 4.69) is 25.6 Å². The number of thioether (sulfide) groups is 1. The van der Waals surface area contributed by atoms with Gasteiger partial charge in [0.2, 0.25) is 0 Å². The maximum Gasteiger partial charge on any atom is 0.191 e. The summed E-state index contributed by atoms with van der Waals surface area (Å²) in [4.78, 5) is 8.37. The summed E-state index contributed by atoms with van der Waals surface area (Å²) in [7, 11) is 0. The predicted octanol–water partition coefficient (Wildman–Crippen LogP) is 2.18. The van der Waals surface area contributed by atoms with E-state index >= 15 is 0 Å². The fourth-order valence-electron chi connectivity index (χ4n) is 3.51. The van der Waals surface area contributed by atoms with E-state index in [1.165, 1.54) is 26.0 Å². The van der Waals surface area contributed by atoms with Crippen molar-refractivity contribution in [2.24, 2.45) is 0 Å². The van der Waals surface area contributed by atoms with Crippen LogP contribution in [0.4, 0.5) is 10.2 Å². The van der Waals surface area contributed by atoms with Crippen LogP contribution in [-0.4, -0.2) is 83.4 Å². The van der Waals surface area contributed by atoms with Gasteiger partial charge in [0.1, 0.15) is 18.0 Å². The molecule has 2 fully saturated rings. The molecular weight excluding hydrogens is 487 g/mol. The van der Waals surface area contributed by atoms with E-state index in [0.29, 0.717) is 22.9 Å². The number of anilines is 1. The predicted molar refractivity (Wildman–Crippen MR) is 133 cm³/mol. The number of benzene rings is 1. The van der Waals surface area contributed by atoms with Crippen molar-refractivity contribution in [3.63, 3.8) is 0 Å². The number of aryl methyl sites for hydroxylation is 1. The van der Waals surface area contributed by atoms with E-state index in [1.807, 2.05) is 0 Å². The van der Waals surface area contributed by atoms with Crippen LogP contribution in [0.1, 0.15) is 65.6 Å². The van der Waals surface area contributed by atoms with Crippen molar-refractivity contribution in [1.82, 2.24) is 25.0 Å². The Hall–Kier alpha value is -2.38. The molecule has 0 aliphatic heterocycles. The van der Waals surface area contributed by atoms with Gasteiger partial charge in [0, 0.05) is 32.3 Å². The Morgan fingerprint density at radius 3 is 2.92 bits per heavy atom. The van der Waals surface area contributed by atoms with Crippen LogP contribution < -0.4 is 5.32 Å². The number of halogens is 1. The third kappa shape index (κ3) is 4.92. The van der Waals surface area contributed by atoms with E-state index in [4.69, 9.17) is 21.2 Å². The van der Waals surface area contributed by atoms with Crippen LogP contribution in [0.5, 0.6) is 0 Å². The van der Waals surface area contributed by atoms with E-state index in [-0.39, 0.29) is 16.9 Å². The molecule has 3 aromatic rings. The normalized spacial score (nSPS) is 44.3. The molecular formula is C24H31FN6O4S. The Balaban J connectivity index is 1.69. The molecule has 194 valence electrons. The number of hydrogen-bond donors (Lipinski definition) is 4. The van der Waals surface area contributed by atoms with Gasteiger partial charge in [-0.2, -0.15) is 0 Å². The fraction of sp³-hybridized carbons (Fsp3) is 0.583. The maximum atomic E-state index is 14.4. The molecule has 2 heterocycles. The molecule has 2 aromatic heterocycles. The minimum atomic E-state index is -4.15. The molecule has 10 nitrogen and oxygen atoms in total. The van der Waals surface area contributed by atoms with Crippen LogP contribution in [0.15, 0.2) is 23.4 Å². The molecule has 5 rings (SSSR count). The Kier molecular flexibility index (Phi) is 4.25. The second-order valence-corrected chi connectivity index (χ2v) is 8.67. The minimum absolute atomic E-state index is 0.0690. The SMILES string of the molecule is [2H]C([2H])(CO)O[C@@]1([2H])C([2H])([2H])[C@@]([2H])(n2nnc3c(N[C@H]4[C@H](c5ccc(C)c(F)c5)C4([2H])[2H])nc(SC([2H])([2H])CC)nc32)[C@]([2H])(O)[C@]1([2H])O. The first-order valence-corrected chi connectivity index (χ1v) is 11.7. The highest BCUT2D eigenvalue weighted by Crippen LogP contribution is 2.44. The van der Waals surface area contributed by atoms with Gasteiger partial charge in [0.05, 0.1) is 33.5 Å². The summed E-state index contributed by atoms with van der Waals surface area (Å²) in [5.74, 6) is -1.81. The fourth-order valence-corrected chi connectivity index (χ4v) is 4.05. The summed E-state index contributed by atoms with van der Waals surface area (Å²) >= 11 is 0.456. The summed E-state index contributed by atoms with van der Waals surface area (Å²) in [5.41, 5.74) is -2.51. The summed E-state index contributed by atoms with van der Waals surface area (Å²) in [6.07, 6.45) is -18.3. The van der Waals surface area contributed by atoms with Gasteiger partial charge in [-0.05, 0) is 36.9 Å². The Labute approximate surface area is 229 Å². The third-order valence-corrected chi connectivity index (χ3v) is 6.16.